The first-order chi connectivity index (χ1) is 13.8. The van der Waals surface area contributed by atoms with Gasteiger partial charge in [0.2, 0.25) is 0 Å². The highest BCUT2D eigenvalue weighted by Gasteiger charge is 2.41. The molecule has 0 saturated carbocycles. The van der Waals surface area contributed by atoms with Gasteiger partial charge in [0, 0.05) is 48.3 Å². The van der Waals surface area contributed by atoms with Crippen LogP contribution in [0, 0.1) is 0 Å². The van der Waals surface area contributed by atoms with Gasteiger partial charge >= 0.3 is 0 Å². The maximum Gasteiger partial charge on any atom is 0.160 e. The molecule has 2 aliphatic rings. The molecule has 2 atom stereocenters. The summed E-state index contributed by atoms with van der Waals surface area (Å²) in [5.74, 6) is 0.713. The summed E-state index contributed by atoms with van der Waals surface area (Å²) in [6.45, 7) is 7.39. The molecule has 3 aromatic rings. The first kappa shape index (κ1) is 18.4. The number of phenols is 1. The molecule has 152 valence electrons. The molecule has 1 aromatic carbocycles. The van der Waals surface area contributed by atoms with Crippen molar-refractivity contribution >= 4 is 5.65 Å². The van der Waals surface area contributed by atoms with Crippen molar-refractivity contribution < 1.29 is 9.84 Å². The SMILES string of the molecule is COc1ccc(CN2[C@@H]3CC[C@H]2c2cnc4cc(C(C)(C)C)nn4c2C3)cc1O. The number of aromatic hydroxyl groups is 1. The average molecular weight is 393 g/mol. The first-order valence-electron chi connectivity index (χ1n) is 10.3. The van der Waals surface area contributed by atoms with Crippen LogP contribution < -0.4 is 4.74 Å². The van der Waals surface area contributed by atoms with Gasteiger partial charge in [-0.1, -0.05) is 26.8 Å². The Morgan fingerprint density at radius 3 is 2.76 bits per heavy atom. The van der Waals surface area contributed by atoms with Crippen molar-refractivity contribution in [3.05, 3.63) is 53.0 Å². The molecule has 0 amide bonds. The fourth-order valence-corrected chi connectivity index (χ4v) is 4.84. The van der Waals surface area contributed by atoms with Crippen LogP contribution in [0.2, 0.25) is 0 Å². The zero-order valence-corrected chi connectivity index (χ0v) is 17.5. The van der Waals surface area contributed by atoms with Gasteiger partial charge in [-0.25, -0.2) is 9.50 Å². The van der Waals surface area contributed by atoms with E-state index in [1.165, 1.54) is 17.7 Å². The van der Waals surface area contributed by atoms with Crippen molar-refractivity contribution in [2.45, 2.75) is 64.1 Å². The molecule has 0 aliphatic carbocycles. The van der Waals surface area contributed by atoms with Crippen LogP contribution in [0.5, 0.6) is 11.5 Å². The minimum atomic E-state index is 0.0106. The van der Waals surface area contributed by atoms with Crippen LogP contribution in [-0.2, 0) is 18.4 Å². The van der Waals surface area contributed by atoms with Crippen molar-refractivity contribution in [3.8, 4) is 11.5 Å². The quantitative estimate of drug-likeness (QED) is 0.730. The van der Waals surface area contributed by atoms with Crippen LogP contribution in [0.25, 0.3) is 5.65 Å². The number of aromatic nitrogens is 3. The number of methoxy groups -OCH3 is 1. The minimum Gasteiger partial charge on any atom is -0.504 e. The fraction of sp³-hybridized carbons (Fsp3) is 0.478. The van der Waals surface area contributed by atoms with Gasteiger partial charge in [-0.15, -0.1) is 0 Å². The summed E-state index contributed by atoms with van der Waals surface area (Å²) in [5, 5.41) is 15.1. The summed E-state index contributed by atoms with van der Waals surface area (Å²) >= 11 is 0. The maximum atomic E-state index is 10.1. The van der Waals surface area contributed by atoms with Crippen molar-refractivity contribution in [3.63, 3.8) is 0 Å². The molecule has 6 nitrogen and oxygen atoms in total. The lowest BCUT2D eigenvalue weighted by Gasteiger charge is -2.36. The van der Waals surface area contributed by atoms with E-state index in [0.717, 1.165) is 36.3 Å². The second-order valence-electron chi connectivity index (χ2n) is 9.34. The number of ether oxygens (including phenoxy) is 1. The Morgan fingerprint density at radius 1 is 1.21 bits per heavy atom. The summed E-state index contributed by atoms with van der Waals surface area (Å²) in [6.07, 6.45) is 5.36. The Labute approximate surface area is 171 Å². The highest BCUT2D eigenvalue weighted by atomic mass is 16.5. The molecule has 1 fully saturated rings. The first-order valence-corrected chi connectivity index (χ1v) is 10.3. The van der Waals surface area contributed by atoms with Gasteiger partial charge in [0.15, 0.2) is 17.1 Å². The van der Waals surface area contributed by atoms with Crippen LogP contribution >= 0.6 is 0 Å². The fourth-order valence-electron chi connectivity index (χ4n) is 4.84. The van der Waals surface area contributed by atoms with Crippen molar-refractivity contribution in [2.24, 2.45) is 0 Å². The number of phenolic OH excluding ortho intramolecular Hbond substituents is 1. The van der Waals surface area contributed by atoms with E-state index < -0.39 is 0 Å². The molecule has 4 heterocycles. The largest absolute Gasteiger partial charge is 0.504 e. The molecule has 0 radical (unpaired) electrons. The number of fused-ring (bicyclic) bond motifs is 6. The van der Waals surface area contributed by atoms with E-state index in [1.807, 2.05) is 18.2 Å². The summed E-state index contributed by atoms with van der Waals surface area (Å²) in [5.41, 5.74) is 5.76. The minimum absolute atomic E-state index is 0.0106. The van der Waals surface area contributed by atoms with E-state index in [2.05, 4.69) is 42.4 Å². The van der Waals surface area contributed by atoms with E-state index in [1.54, 1.807) is 7.11 Å². The lowest BCUT2D eigenvalue weighted by atomic mass is 9.93. The number of nitrogens with zero attached hydrogens (tertiary/aromatic N) is 4. The monoisotopic (exact) mass is 392 g/mol. The summed E-state index contributed by atoms with van der Waals surface area (Å²) in [7, 11) is 1.57. The third kappa shape index (κ3) is 2.97. The van der Waals surface area contributed by atoms with Crippen LogP contribution in [0.15, 0.2) is 30.5 Å². The predicted molar refractivity (Wildman–Crippen MR) is 111 cm³/mol. The lowest BCUT2D eigenvalue weighted by Crippen LogP contribution is -2.38. The summed E-state index contributed by atoms with van der Waals surface area (Å²) in [6, 6.07) is 8.66. The van der Waals surface area contributed by atoms with Gasteiger partial charge in [-0.2, -0.15) is 5.10 Å². The Morgan fingerprint density at radius 2 is 2.03 bits per heavy atom. The van der Waals surface area contributed by atoms with Crippen molar-refractivity contribution in [1.29, 1.82) is 0 Å². The normalized spacial score (nSPS) is 21.5. The molecule has 6 heteroatoms. The van der Waals surface area contributed by atoms with E-state index in [-0.39, 0.29) is 11.2 Å². The van der Waals surface area contributed by atoms with Gasteiger partial charge in [-0.05, 0) is 30.5 Å². The van der Waals surface area contributed by atoms with Gasteiger partial charge in [0.1, 0.15) is 0 Å². The average Bonchev–Trinajstić information content (AvgIpc) is 3.22. The number of rotatable bonds is 3. The topological polar surface area (TPSA) is 62.9 Å². The zero-order valence-electron chi connectivity index (χ0n) is 17.5. The Kier molecular flexibility index (Phi) is 4.10. The zero-order chi connectivity index (χ0) is 20.3. The van der Waals surface area contributed by atoms with E-state index in [0.29, 0.717) is 17.8 Å². The molecule has 2 aliphatic heterocycles. The Balaban J connectivity index is 1.49. The second kappa shape index (κ2) is 6.46. The highest BCUT2D eigenvalue weighted by molar-refractivity contribution is 5.46. The molecule has 1 saturated heterocycles. The van der Waals surface area contributed by atoms with E-state index in [9.17, 15) is 5.11 Å². The molecule has 0 spiro atoms. The molecule has 29 heavy (non-hydrogen) atoms. The molecule has 2 bridgehead atoms. The molecule has 0 unspecified atom stereocenters. The molecule has 5 rings (SSSR count). The van der Waals surface area contributed by atoms with Crippen molar-refractivity contribution in [1.82, 2.24) is 19.5 Å². The van der Waals surface area contributed by atoms with E-state index in [4.69, 9.17) is 14.8 Å². The predicted octanol–water partition coefficient (Wildman–Crippen LogP) is 4.00. The molecule has 1 N–H and O–H groups in total. The standard InChI is InChI=1S/C23H28N4O2/c1-23(2,3)21-11-22-24-12-16-17-7-6-15(10-18(16)27(22)25-21)26(17)13-14-5-8-20(29-4)19(28)9-14/h5,8-9,11-12,15,17,28H,6-7,10,13H2,1-4H3/t15-,17+/m1/s1. The van der Waals surface area contributed by atoms with E-state index >= 15 is 0 Å². The smallest absolute Gasteiger partial charge is 0.160 e. The van der Waals surface area contributed by atoms with Gasteiger partial charge in [-0.3, -0.25) is 4.90 Å². The van der Waals surface area contributed by atoms with Gasteiger partial charge < -0.3 is 9.84 Å². The van der Waals surface area contributed by atoms with Crippen molar-refractivity contribution in [2.75, 3.05) is 7.11 Å². The van der Waals surface area contributed by atoms with Crippen LogP contribution in [0.3, 0.4) is 0 Å². The third-order valence-corrected chi connectivity index (χ3v) is 6.42. The summed E-state index contributed by atoms with van der Waals surface area (Å²) < 4.78 is 7.26. The lowest BCUT2D eigenvalue weighted by molar-refractivity contribution is 0.165. The second-order valence-corrected chi connectivity index (χ2v) is 9.34. The Bertz CT molecular complexity index is 1080. The van der Waals surface area contributed by atoms with Crippen LogP contribution in [0.1, 0.15) is 62.2 Å². The number of hydrogen-bond acceptors (Lipinski definition) is 5. The van der Waals surface area contributed by atoms with Gasteiger partial charge in [0.25, 0.3) is 0 Å². The van der Waals surface area contributed by atoms with Gasteiger partial charge in [0.05, 0.1) is 18.5 Å². The summed E-state index contributed by atoms with van der Waals surface area (Å²) in [4.78, 5) is 7.30. The molecule has 2 aromatic heterocycles. The van der Waals surface area contributed by atoms with Crippen LogP contribution in [0.4, 0.5) is 0 Å². The maximum absolute atomic E-state index is 10.1. The van der Waals surface area contributed by atoms with Crippen LogP contribution in [-0.4, -0.2) is 37.8 Å². The molecular formula is C23H28N4O2. The molecular weight excluding hydrogens is 364 g/mol. The highest BCUT2D eigenvalue weighted by Crippen LogP contribution is 2.44. The third-order valence-electron chi connectivity index (χ3n) is 6.42. The number of benzene rings is 1. The number of hydrogen-bond donors (Lipinski definition) is 1. The Hall–Kier alpha value is -2.60.